The van der Waals surface area contributed by atoms with Gasteiger partial charge in [0.2, 0.25) is 11.8 Å². The predicted molar refractivity (Wildman–Crippen MR) is 111 cm³/mol. The van der Waals surface area contributed by atoms with Crippen LogP contribution in [0.25, 0.3) is 0 Å². The van der Waals surface area contributed by atoms with Crippen molar-refractivity contribution in [2.24, 2.45) is 5.92 Å². The van der Waals surface area contributed by atoms with E-state index in [1.165, 1.54) is 24.3 Å². The molecule has 0 spiro atoms. The van der Waals surface area contributed by atoms with E-state index < -0.39 is 5.92 Å². The third kappa shape index (κ3) is 5.44. The van der Waals surface area contributed by atoms with Gasteiger partial charge in [0.05, 0.1) is 5.92 Å². The molecule has 2 aromatic carbocycles. The monoisotopic (exact) mass is 411 g/mol. The molecule has 1 saturated heterocycles. The molecule has 3 amide bonds. The summed E-state index contributed by atoms with van der Waals surface area (Å²) in [7, 11) is 0. The third-order valence-corrected chi connectivity index (χ3v) is 4.56. The zero-order valence-corrected chi connectivity index (χ0v) is 16.3. The molecule has 2 aromatic rings. The number of carbonyl (C=O) groups excluding carboxylic acids is 3. The third-order valence-electron chi connectivity index (χ3n) is 4.56. The SMILES string of the molecule is C=CCNC(=O)C1CC(=O)N(c2ccc(OCC(=O)Nc3ccc(F)cc3)cc2)C1. The van der Waals surface area contributed by atoms with Crippen LogP contribution in [0.5, 0.6) is 5.75 Å². The fourth-order valence-corrected chi connectivity index (χ4v) is 3.05. The molecule has 0 aliphatic carbocycles. The number of hydrogen-bond donors (Lipinski definition) is 2. The van der Waals surface area contributed by atoms with E-state index in [9.17, 15) is 18.8 Å². The lowest BCUT2D eigenvalue weighted by Gasteiger charge is -2.17. The largest absolute Gasteiger partial charge is 0.484 e. The highest BCUT2D eigenvalue weighted by Crippen LogP contribution is 2.27. The van der Waals surface area contributed by atoms with Crippen LogP contribution in [0.2, 0.25) is 0 Å². The van der Waals surface area contributed by atoms with Crippen LogP contribution in [-0.2, 0) is 14.4 Å². The molecule has 30 heavy (non-hydrogen) atoms. The van der Waals surface area contributed by atoms with Gasteiger partial charge in [-0.2, -0.15) is 0 Å². The highest BCUT2D eigenvalue weighted by molar-refractivity contribution is 6.00. The number of nitrogens with one attached hydrogen (secondary N) is 2. The molecule has 1 aliphatic heterocycles. The van der Waals surface area contributed by atoms with Crippen LogP contribution in [0.15, 0.2) is 61.2 Å². The second-order valence-corrected chi connectivity index (χ2v) is 6.78. The van der Waals surface area contributed by atoms with E-state index in [0.717, 1.165) is 0 Å². The van der Waals surface area contributed by atoms with E-state index in [4.69, 9.17) is 4.74 Å². The first-order valence-electron chi connectivity index (χ1n) is 9.43. The zero-order valence-electron chi connectivity index (χ0n) is 16.3. The van der Waals surface area contributed by atoms with Gasteiger partial charge < -0.3 is 20.3 Å². The Hall–Kier alpha value is -3.68. The molecule has 8 heteroatoms. The van der Waals surface area contributed by atoms with Crippen LogP contribution in [0.1, 0.15) is 6.42 Å². The van der Waals surface area contributed by atoms with Crippen molar-refractivity contribution >= 4 is 29.1 Å². The Labute approximate surface area is 173 Å². The van der Waals surface area contributed by atoms with Gasteiger partial charge >= 0.3 is 0 Å². The molecule has 3 rings (SSSR count). The minimum Gasteiger partial charge on any atom is -0.484 e. The molecule has 0 radical (unpaired) electrons. The maximum Gasteiger partial charge on any atom is 0.262 e. The minimum absolute atomic E-state index is 0.124. The molecule has 1 atom stereocenters. The number of anilines is 2. The normalized spacial score (nSPS) is 15.6. The molecule has 1 unspecified atom stereocenters. The summed E-state index contributed by atoms with van der Waals surface area (Å²) in [5.74, 6) is -0.999. The van der Waals surface area contributed by atoms with Crippen LogP contribution in [0.4, 0.5) is 15.8 Å². The Balaban J connectivity index is 1.51. The number of hydrogen-bond acceptors (Lipinski definition) is 4. The quantitative estimate of drug-likeness (QED) is 0.654. The van der Waals surface area contributed by atoms with Crippen molar-refractivity contribution in [3.8, 4) is 5.75 Å². The number of halogens is 1. The average Bonchev–Trinajstić information content (AvgIpc) is 3.14. The van der Waals surface area contributed by atoms with Crippen LogP contribution >= 0.6 is 0 Å². The number of amides is 3. The van der Waals surface area contributed by atoms with E-state index in [0.29, 0.717) is 30.2 Å². The van der Waals surface area contributed by atoms with Gasteiger partial charge in [0.1, 0.15) is 11.6 Å². The molecule has 156 valence electrons. The topological polar surface area (TPSA) is 87.7 Å². The second kappa shape index (κ2) is 9.69. The smallest absolute Gasteiger partial charge is 0.262 e. The number of rotatable bonds is 8. The van der Waals surface area contributed by atoms with Gasteiger partial charge in [-0.1, -0.05) is 6.08 Å². The molecule has 1 heterocycles. The Kier molecular flexibility index (Phi) is 6.79. The minimum atomic E-state index is -0.400. The molecular formula is C22H22FN3O4. The lowest BCUT2D eigenvalue weighted by Crippen LogP contribution is -2.32. The van der Waals surface area contributed by atoms with Crippen molar-refractivity contribution in [2.45, 2.75) is 6.42 Å². The fraction of sp³-hybridized carbons (Fsp3) is 0.227. The molecule has 0 saturated carbocycles. The molecule has 0 bridgehead atoms. The first-order valence-corrected chi connectivity index (χ1v) is 9.43. The van der Waals surface area contributed by atoms with Gasteiger partial charge in [-0.25, -0.2) is 4.39 Å². The summed E-state index contributed by atoms with van der Waals surface area (Å²) in [6, 6.07) is 12.1. The Morgan fingerprint density at radius 2 is 1.87 bits per heavy atom. The summed E-state index contributed by atoms with van der Waals surface area (Å²) in [5, 5.41) is 5.31. The van der Waals surface area contributed by atoms with Crippen LogP contribution in [0, 0.1) is 11.7 Å². The fourth-order valence-electron chi connectivity index (χ4n) is 3.05. The lowest BCUT2D eigenvalue weighted by molar-refractivity contribution is -0.126. The maximum atomic E-state index is 12.9. The molecule has 1 fully saturated rings. The Morgan fingerprint density at radius 1 is 1.17 bits per heavy atom. The number of carbonyl (C=O) groups is 3. The Morgan fingerprint density at radius 3 is 2.53 bits per heavy atom. The summed E-state index contributed by atoms with van der Waals surface area (Å²) in [6.07, 6.45) is 1.75. The number of benzene rings is 2. The van der Waals surface area contributed by atoms with E-state index in [2.05, 4.69) is 17.2 Å². The maximum absolute atomic E-state index is 12.9. The number of nitrogens with zero attached hydrogens (tertiary/aromatic N) is 1. The van der Waals surface area contributed by atoms with Crippen LogP contribution < -0.4 is 20.3 Å². The molecule has 0 aromatic heterocycles. The van der Waals surface area contributed by atoms with Gasteiger partial charge in [-0.15, -0.1) is 6.58 Å². The molecular weight excluding hydrogens is 389 g/mol. The number of ether oxygens (including phenoxy) is 1. The van der Waals surface area contributed by atoms with Gasteiger partial charge in [0, 0.05) is 30.9 Å². The first-order chi connectivity index (χ1) is 14.5. The molecule has 7 nitrogen and oxygen atoms in total. The highest BCUT2D eigenvalue weighted by atomic mass is 19.1. The van der Waals surface area contributed by atoms with Gasteiger partial charge in [-0.3, -0.25) is 14.4 Å². The van der Waals surface area contributed by atoms with Crippen molar-refractivity contribution in [1.82, 2.24) is 5.32 Å². The van der Waals surface area contributed by atoms with Crippen molar-refractivity contribution < 1.29 is 23.5 Å². The van der Waals surface area contributed by atoms with Crippen molar-refractivity contribution in [3.05, 3.63) is 67.0 Å². The zero-order chi connectivity index (χ0) is 21.5. The van der Waals surface area contributed by atoms with E-state index in [1.807, 2.05) is 0 Å². The summed E-state index contributed by atoms with van der Waals surface area (Å²) in [5.41, 5.74) is 1.13. The standard InChI is InChI=1S/C22H22FN3O4/c1-2-11-24-22(29)15-12-21(28)26(13-15)18-7-9-19(10-8-18)30-14-20(27)25-17-5-3-16(23)4-6-17/h2-10,15H,1,11-14H2,(H,24,29)(H,25,27). The highest BCUT2D eigenvalue weighted by Gasteiger charge is 2.34. The predicted octanol–water partition coefficient (Wildman–Crippen LogP) is 2.50. The molecule has 1 aliphatic rings. The van der Waals surface area contributed by atoms with Gasteiger partial charge in [0.15, 0.2) is 6.61 Å². The van der Waals surface area contributed by atoms with E-state index in [-0.39, 0.29) is 36.6 Å². The Bertz CT molecular complexity index is 928. The lowest BCUT2D eigenvalue weighted by atomic mass is 10.1. The van der Waals surface area contributed by atoms with Crippen molar-refractivity contribution in [2.75, 3.05) is 29.9 Å². The molecule has 2 N–H and O–H groups in total. The first kappa shape index (κ1) is 21.0. The van der Waals surface area contributed by atoms with Crippen LogP contribution in [0.3, 0.4) is 0 Å². The average molecular weight is 411 g/mol. The summed E-state index contributed by atoms with van der Waals surface area (Å²) < 4.78 is 18.3. The summed E-state index contributed by atoms with van der Waals surface area (Å²) in [6.45, 7) is 4.01. The van der Waals surface area contributed by atoms with Crippen molar-refractivity contribution in [1.29, 1.82) is 0 Å². The summed E-state index contributed by atoms with van der Waals surface area (Å²) in [4.78, 5) is 37.8. The second-order valence-electron chi connectivity index (χ2n) is 6.78. The van der Waals surface area contributed by atoms with E-state index in [1.54, 1.807) is 35.2 Å². The van der Waals surface area contributed by atoms with Crippen LogP contribution in [-0.4, -0.2) is 37.4 Å². The van der Waals surface area contributed by atoms with Gasteiger partial charge in [0.25, 0.3) is 5.91 Å². The van der Waals surface area contributed by atoms with Gasteiger partial charge in [-0.05, 0) is 48.5 Å². The van der Waals surface area contributed by atoms with Crippen molar-refractivity contribution in [3.63, 3.8) is 0 Å². The van der Waals surface area contributed by atoms with E-state index >= 15 is 0 Å². The summed E-state index contributed by atoms with van der Waals surface area (Å²) >= 11 is 0.